The molecule has 7 aliphatic carbocycles. The van der Waals surface area contributed by atoms with Gasteiger partial charge in [-0.1, -0.05) is 72.4 Å². The first-order chi connectivity index (χ1) is 32.1. The van der Waals surface area contributed by atoms with E-state index in [9.17, 15) is 24.6 Å². The summed E-state index contributed by atoms with van der Waals surface area (Å²) < 4.78 is 13.4. The average molecular weight is 934 g/mol. The molecule has 0 aromatic heterocycles. The van der Waals surface area contributed by atoms with Crippen LogP contribution in [0.4, 0.5) is 0 Å². The van der Waals surface area contributed by atoms with Crippen molar-refractivity contribution in [2.45, 2.75) is 127 Å². The Morgan fingerprint density at radius 1 is 0.894 bits per heavy atom. The molecule has 1 spiro atoms. The SMILES string of the molecule is CCC1(C2=C3OC(=O)C4=C3C(CC2)CC2C3CCC5(C6=CCC(C7CCC(CCCO)CC7)C(O)SSC7C=CC8=C(NCC=C8C(CN8C(=O)C=CC8=O)C3=C5C(=O)O6)N7)C42)CCCC1. The number of dihydropyridines is 2. The predicted molar refractivity (Wildman–Crippen MR) is 252 cm³/mol. The fraction of sp³-hybridized carbons (Fsp3) is 0.623. The lowest BCUT2D eigenvalue weighted by atomic mass is 9.42. The van der Waals surface area contributed by atoms with Crippen molar-refractivity contribution in [2.75, 3.05) is 19.7 Å². The Kier molecular flexibility index (Phi) is 11.0. The zero-order chi connectivity index (χ0) is 45.1. The van der Waals surface area contributed by atoms with E-state index in [-0.39, 0.29) is 77.2 Å². The molecule has 0 aromatic rings. The molecule has 7 heterocycles. The largest absolute Gasteiger partial charge is 0.427 e. The van der Waals surface area contributed by atoms with E-state index in [4.69, 9.17) is 9.47 Å². The van der Waals surface area contributed by atoms with Gasteiger partial charge in [0.25, 0.3) is 11.8 Å². The number of nitrogens with one attached hydrogen (secondary N) is 2. The number of aliphatic hydroxyl groups excluding tert-OH is 2. The molecule has 0 radical (unpaired) electrons. The fourth-order valence-corrected chi connectivity index (χ4v) is 18.3. The van der Waals surface area contributed by atoms with Crippen molar-refractivity contribution in [1.82, 2.24) is 15.5 Å². The van der Waals surface area contributed by atoms with Crippen LogP contribution in [0.3, 0.4) is 0 Å². The maximum Gasteiger partial charge on any atom is 0.340 e. The van der Waals surface area contributed by atoms with Crippen LogP contribution in [0, 0.1) is 58.2 Å². The van der Waals surface area contributed by atoms with Crippen molar-refractivity contribution < 1.29 is 38.9 Å². The summed E-state index contributed by atoms with van der Waals surface area (Å²) in [6, 6.07) is 0. The van der Waals surface area contributed by atoms with E-state index in [0.717, 1.165) is 123 Å². The van der Waals surface area contributed by atoms with Crippen LogP contribution in [-0.2, 0) is 28.7 Å². The van der Waals surface area contributed by atoms with E-state index in [0.29, 0.717) is 36.6 Å². The molecule has 11 nitrogen and oxygen atoms in total. The molecule has 3 saturated carbocycles. The Morgan fingerprint density at radius 3 is 2.47 bits per heavy atom. The molecule has 14 rings (SSSR count). The van der Waals surface area contributed by atoms with E-state index < -0.39 is 22.7 Å². The van der Waals surface area contributed by atoms with Gasteiger partial charge in [0.2, 0.25) is 0 Å². The van der Waals surface area contributed by atoms with Crippen molar-refractivity contribution in [3.05, 3.63) is 92.8 Å². The number of carbonyl (C=O) groups excluding carboxylic acids is 4. The summed E-state index contributed by atoms with van der Waals surface area (Å²) in [7, 11) is 3.10. The van der Waals surface area contributed by atoms with Crippen LogP contribution >= 0.6 is 21.6 Å². The van der Waals surface area contributed by atoms with Gasteiger partial charge >= 0.3 is 11.9 Å². The van der Waals surface area contributed by atoms with Crippen LogP contribution in [0.1, 0.15) is 116 Å². The van der Waals surface area contributed by atoms with Gasteiger partial charge in [-0.3, -0.25) is 14.5 Å². The summed E-state index contributed by atoms with van der Waals surface area (Å²) in [4.78, 5) is 58.7. The number of nitrogens with zero attached hydrogens (tertiary/aromatic N) is 1. The highest BCUT2D eigenvalue weighted by Gasteiger charge is 2.70. The Balaban J connectivity index is 1.05. The second-order valence-corrected chi connectivity index (χ2v) is 24.0. The smallest absolute Gasteiger partial charge is 0.340 e. The average Bonchev–Trinajstić information content (AvgIpc) is 4.11. The summed E-state index contributed by atoms with van der Waals surface area (Å²) in [6.45, 7) is 3.11. The van der Waals surface area contributed by atoms with Gasteiger partial charge in [-0.15, -0.1) is 0 Å². The van der Waals surface area contributed by atoms with E-state index in [1.54, 1.807) is 10.8 Å². The third kappa shape index (κ3) is 6.58. The van der Waals surface area contributed by atoms with Crippen LogP contribution in [-0.4, -0.2) is 69.4 Å². The highest BCUT2D eigenvalue weighted by molar-refractivity contribution is 8.77. The minimum atomic E-state index is -0.955. The molecular formula is C53H63N3O8S2. The Hall–Kier alpha value is -3.78. The zero-order valence-corrected chi connectivity index (χ0v) is 39.6. The number of ether oxygens (including phenoxy) is 2. The number of aliphatic hydroxyl groups is 2. The molecule has 9 atom stereocenters. The summed E-state index contributed by atoms with van der Waals surface area (Å²) in [5, 5.41) is 29.0. The van der Waals surface area contributed by atoms with E-state index in [1.165, 1.54) is 46.3 Å². The molecule has 13 heteroatoms. The number of fused-ring (bicyclic) bond motifs is 6. The van der Waals surface area contributed by atoms with Gasteiger partial charge in [0.05, 0.1) is 11.0 Å². The van der Waals surface area contributed by atoms with E-state index in [1.807, 2.05) is 0 Å². The third-order valence-corrected chi connectivity index (χ3v) is 21.5. The van der Waals surface area contributed by atoms with Gasteiger partial charge in [-0.25, -0.2) is 9.59 Å². The first kappa shape index (κ1) is 43.5. The first-order valence-electron chi connectivity index (χ1n) is 25.3. The molecular weight excluding hydrogens is 871 g/mol. The maximum atomic E-state index is 15.3. The Bertz CT molecular complexity index is 2390. The normalized spacial score (nSPS) is 38.7. The van der Waals surface area contributed by atoms with Gasteiger partial charge in [0.1, 0.15) is 28.1 Å². The highest BCUT2D eigenvalue weighted by Crippen LogP contribution is 2.73. The molecule has 9 unspecified atom stereocenters. The van der Waals surface area contributed by atoms with Crippen LogP contribution in [0.2, 0.25) is 0 Å². The molecule has 1 saturated heterocycles. The lowest BCUT2D eigenvalue weighted by Crippen LogP contribution is -2.55. The molecule has 2 amide bonds. The summed E-state index contributed by atoms with van der Waals surface area (Å²) in [5.74, 6) is 0.922. The lowest BCUT2D eigenvalue weighted by molar-refractivity contribution is -0.138. The van der Waals surface area contributed by atoms with Crippen LogP contribution in [0.25, 0.3) is 0 Å². The van der Waals surface area contributed by atoms with Gasteiger partial charge in [0, 0.05) is 66.3 Å². The monoisotopic (exact) mass is 933 g/mol. The highest BCUT2D eigenvalue weighted by atomic mass is 33.1. The second kappa shape index (κ2) is 16.7. The summed E-state index contributed by atoms with van der Waals surface area (Å²) >= 11 is 0. The van der Waals surface area contributed by atoms with Crippen LogP contribution in [0.15, 0.2) is 92.8 Å². The lowest BCUT2D eigenvalue weighted by Gasteiger charge is -2.58. The minimum Gasteiger partial charge on any atom is -0.427 e. The number of hydrogen-bond acceptors (Lipinski definition) is 12. The molecule has 14 aliphatic rings. The standard InChI is InChI=1S/C53H63N3O8S2/c1-2-52(21-3-4-22-52)37-14-11-30-26-35-33-19-23-53(45(35)44-42(30)47(37)64-49(44)60)38-15-12-31(29-9-7-28(8-10-29)6-5-25-57)51(62)66-65-39-16-13-34-32(20-24-54-48(34)55-39)36(43(33)46(53)50(61)63-38)27-56-40(58)17-18-41(56)59/h13,15-18,20,28-31,33,35-36,39,45,51,54-55,57,62H,2-12,14,19,21-27H2,1H3. The van der Waals surface area contributed by atoms with Crippen molar-refractivity contribution in [1.29, 1.82) is 0 Å². The fourth-order valence-electron chi connectivity index (χ4n) is 15.8. The first-order valence-corrected chi connectivity index (χ1v) is 27.6. The molecule has 9 bridgehead atoms. The number of amides is 2. The molecule has 4 N–H and O–H groups in total. The third-order valence-electron chi connectivity index (χ3n) is 18.8. The summed E-state index contributed by atoms with van der Waals surface area (Å²) in [5.41, 5.74) is 5.09. The topological polar surface area (TPSA) is 154 Å². The van der Waals surface area contributed by atoms with Gasteiger partial charge in [-0.05, 0) is 141 Å². The number of allylic oxidation sites excluding steroid dienone is 6. The number of esters is 2. The number of rotatable bonds is 8. The number of hydrogen-bond donors (Lipinski definition) is 4. The second-order valence-electron chi connectivity index (χ2n) is 21.4. The van der Waals surface area contributed by atoms with Crippen molar-refractivity contribution in [3.63, 3.8) is 0 Å². The van der Waals surface area contributed by atoms with Crippen LogP contribution in [0.5, 0.6) is 0 Å². The minimum absolute atomic E-state index is 0.00594. The van der Waals surface area contributed by atoms with E-state index in [2.05, 4.69) is 41.9 Å². The van der Waals surface area contributed by atoms with Crippen LogP contribution < -0.4 is 10.6 Å². The van der Waals surface area contributed by atoms with Crippen molar-refractivity contribution in [3.8, 4) is 0 Å². The van der Waals surface area contributed by atoms with Gasteiger partial charge in [0.15, 0.2) is 0 Å². The molecule has 7 aliphatic heterocycles. The molecule has 4 fully saturated rings. The number of imide groups is 1. The predicted octanol–water partition coefficient (Wildman–Crippen LogP) is 8.32. The van der Waals surface area contributed by atoms with Gasteiger partial charge < -0.3 is 30.3 Å². The molecule has 66 heavy (non-hydrogen) atoms. The Morgan fingerprint density at radius 2 is 1.70 bits per heavy atom. The van der Waals surface area contributed by atoms with Crippen molar-refractivity contribution in [2.24, 2.45) is 58.2 Å². The van der Waals surface area contributed by atoms with Crippen molar-refractivity contribution >= 4 is 45.3 Å². The van der Waals surface area contributed by atoms with E-state index >= 15 is 4.79 Å². The summed E-state index contributed by atoms with van der Waals surface area (Å²) in [6.07, 6.45) is 27.5. The number of carbonyl (C=O) groups is 4. The quantitative estimate of drug-likeness (QED) is 0.105. The maximum absolute atomic E-state index is 15.3. The molecule has 0 aromatic carbocycles. The van der Waals surface area contributed by atoms with Gasteiger partial charge in [-0.2, -0.15) is 0 Å². The Labute approximate surface area is 395 Å². The zero-order valence-electron chi connectivity index (χ0n) is 38.0. The molecule has 350 valence electrons.